The molecule has 4 N–H and O–H groups in total. The average molecular weight is 296 g/mol. The maximum atomic E-state index is 11.8. The van der Waals surface area contributed by atoms with Crippen molar-refractivity contribution in [1.82, 2.24) is 10.2 Å². The number of hydrogen-bond acceptors (Lipinski definition) is 7. The van der Waals surface area contributed by atoms with Crippen molar-refractivity contribution in [3.63, 3.8) is 0 Å². The topological polar surface area (TPSA) is 102 Å². The van der Waals surface area contributed by atoms with Gasteiger partial charge in [0.15, 0.2) is 5.75 Å². The molecule has 0 fully saturated rings. The van der Waals surface area contributed by atoms with Gasteiger partial charge >= 0.3 is 5.97 Å². The summed E-state index contributed by atoms with van der Waals surface area (Å²) in [6, 6.07) is 0. The van der Waals surface area contributed by atoms with Gasteiger partial charge in [-0.1, -0.05) is 0 Å². The van der Waals surface area contributed by atoms with Crippen molar-refractivity contribution < 1.29 is 14.3 Å². The van der Waals surface area contributed by atoms with Crippen LogP contribution in [0.1, 0.15) is 22.2 Å². The third-order valence-corrected chi connectivity index (χ3v) is 3.70. The summed E-state index contributed by atoms with van der Waals surface area (Å²) in [6.45, 7) is 2.60. The van der Waals surface area contributed by atoms with Crippen molar-refractivity contribution in [2.24, 2.45) is 0 Å². The summed E-state index contributed by atoms with van der Waals surface area (Å²) >= 11 is 1.21. The number of nitrogen functional groups attached to an aromatic ring is 1. The Hall–Kier alpha value is -2.22. The maximum absolute atomic E-state index is 11.8. The molecule has 0 aliphatic carbocycles. The molecule has 2 aromatic rings. The van der Waals surface area contributed by atoms with E-state index in [9.17, 15) is 4.79 Å². The zero-order valence-corrected chi connectivity index (χ0v) is 12.0. The van der Waals surface area contributed by atoms with E-state index in [1.165, 1.54) is 18.4 Å². The van der Waals surface area contributed by atoms with E-state index in [0.717, 1.165) is 5.56 Å². The number of thiophene rings is 1. The van der Waals surface area contributed by atoms with Crippen molar-refractivity contribution in [1.29, 1.82) is 0 Å². The highest BCUT2D eigenvalue weighted by molar-refractivity contribution is 7.19. The Morgan fingerprint density at radius 1 is 1.60 bits per heavy atom. The first-order valence-electron chi connectivity index (χ1n) is 6.02. The van der Waals surface area contributed by atoms with Gasteiger partial charge in [-0.15, -0.1) is 11.3 Å². The lowest BCUT2D eigenvalue weighted by Gasteiger charge is -2.05. The van der Waals surface area contributed by atoms with E-state index in [4.69, 9.17) is 15.2 Å². The van der Waals surface area contributed by atoms with Crippen LogP contribution in [0, 0.1) is 0 Å². The van der Waals surface area contributed by atoms with Crippen LogP contribution in [0.25, 0.3) is 0 Å². The minimum Gasteiger partial charge on any atom is -0.492 e. The number of esters is 1. The molecule has 0 aliphatic rings. The molecule has 2 heterocycles. The molecule has 2 rings (SSSR count). The van der Waals surface area contributed by atoms with E-state index in [1.54, 1.807) is 19.3 Å². The predicted octanol–water partition coefficient (Wildman–Crippen LogP) is 1.85. The predicted molar refractivity (Wildman–Crippen MR) is 77.2 cm³/mol. The van der Waals surface area contributed by atoms with Gasteiger partial charge in [0.1, 0.15) is 15.6 Å². The molecule has 0 amide bonds. The summed E-state index contributed by atoms with van der Waals surface area (Å²) in [7, 11) is 1.51. The summed E-state index contributed by atoms with van der Waals surface area (Å²) in [6.07, 6.45) is 3.49. The molecule has 108 valence electrons. The first-order chi connectivity index (χ1) is 9.67. The molecule has 0 saturated carbocycles. The number of rotatable bonds is 6. The second kappa shape index (κ2) is 6.29. The Kier molecular flexibility index (Phi) is 4.46. The molecule has 0 unspecified atom stereocenters. The molecule has 2 aromatic heterocycles. The second-order valence-electron chi connectivity index (χ2n) is 3.89. The van der Waals surface area contributed by atoms with Crippen molar-refractivity contribution in [2.75, 3.05) is 24.8 Å². The minimum absolute atomic E-state index is 0.297. The van der Waals surface area contributed by atoms with Gasteiger partial charge in [-0.05, 0) is 6.92 Å². The number of nitrogens with zero attached hydrogens (tertiary/aromatic N) is 1. The highest BCUT2D eigenvalue weighted by Gasteiger charge is 2.22. The van der Waals surface area contributed by atoms with Crippen molar-refractivity contribution in [3.8, 4) is 5.75 Å². The smallest absolute Gasteiger partial charge is 0.350 e. The Bertz CT molecular complexity index is 580. The maximum Gasteiger partial charge on any atom is 0.350 e. The van der Waals surface area contributed by atoms with Crippen LogP contribution in [0.5, 0.6) is 5.75 Å². The Morgan fingerprint density at radius 3 is 3.00 bits per heavy atom. The van der Waals surface area contributed by atoms with Crippen LogP contribution in [0.2, 0.25) is 0 Å². The third kappa shape index (κ3) is 2.85. The van der Waals surface area contributed by atoms with Crippen LogP contribution < -0.4 is 15.8 Å². The molecule has 20 heavy (non-hydrogen) atoms. The highest BCUT2D eigenvalue weighted by atomic mass is 32.1. The summed E-state index contributed by atoms with van der Waals surface area (Å²) in [5.41, 5.74) is 7.20. The lowest BCUT2D eigenvalue weighted by Crippen LogP contribution is -2.05. The Morgan fingerprint density at radius 2 is 2.40 bits per heavy atom. The van der Waals surface area contributed by atoms with Crippen LogP contribution in [0.4, 0.5) is 10.7 Å². The molecule has 0 spiro atoms. The fourth-order valence-corrected chi connectivity index (χ4v) is 2.63. The van der Waals surface area contributed by atoms with Crippen LogP contribution in [-0.2, 0) is 11.3 Å². The van der Waals surface area contributed by atoms with Crippen molar-refractivity contribution in [3.05, 3.63) is 22.8 Å². The summed E-state index contributed by atoms with van der Waals surface area (Å²) in [5.74, 6) is 0.0196. The summed E-state index contributed by atoms with van der Waals surface area (Å²) < 4.78 is 10.2. The van der Waals surface area contributed by atoms with Crippen LogP contribution in [0.3, 0.4) is 0 Å². The van der Waals surface area contributed by atoms with Gasteiger partial charge in [0.2, 0.25) is 0 Å². The van der Waals surface area contributed by atoms with E-state index in [0.29, 0.717) is 34.5 Å². The molecule has 8 heteroatoms. The van der Waals surface area contributed by atoms with E-state index >= 15 is 0 Å². The van der Waals surface area contributed by atoms with Gasteiger partial charge in [-0.25, -0.2) is 4.79 Å². The fourth-order valence-electron chi connectivity index (χ4n) is 1.65. The molecular weight excluding hydrogens is 280 g/mol. The number of hydrogen-bond donors (Lipinski definition) is 3. The van der Waals surface area contributed by atoms with Crippen molar-refractivity contribution >= 4 is 28.0 Å². The fraction of sp³-hybridized carbons (Fsp3) is 0.333. The SMILES string of the molecule is CCOC(=O)c1sc(NCc2cn[nH]c2)c(OC)c1N. The number of carbonyl (C=O) groups is 1. The normalized spacial score (nSPS) is 10.3. The van der Waals surface area contributed by atoms with Gasteiger partial charge < -0.3 is 20.5 Å². The number of nitrogens with one attached hydrogen (secondary N) is 2. The van der Waals surface area contributed by atoms with E-state index in [-0.39, 0.29) is 0 Å². The number of methoxy groups -OCH3 is 1. The number of anilines is 2. The average Bonchev–Trinajstić information content (AvgIpc) is 3.04. The molecule has 7 nitrogen and oxygen atoms in total. The lowest BCUT2D eigenvalue weighted by molar-refractivity contribution is 0.0533. The van der Waals surface area contributed by atoms with E-state index < -0.39 is 5.97 Å². The number of nitrogens with two attached hydrogens (primary N) is 1. The van der Waals surface area contributed by atoms with Crippen LogP contribution in [-0.4, -0.2) is 29.9 Å². The minimum atomic E-state index is -0.440. The Labute approximate surface area is 120 Å². The largest absolute Gasteiger partial charge is 0.492 e. The quantitative estimate of drug-likeness (QED) is 0.703. The number of aromatic amines is 1. The number of aromatic nitrogens is 2. The first-order valence-corrected chi connectivity index (χ1v) is 6.83. The molecule has 0 saturated heterocycles. The van der Waals surface area contributed by atoms with Gasteiger partial charge in [-0.3, -0.25) is 5.10 Å². The summed E-state index contributed by atoms with van der Waals surface area (Å²) in [5, 5.41) is 10.4. The molecule has 0 bridgehead atoms. The van der Waals surface area contributed by atoms with Gasteiger partial charge in [0, 0.05) is 18.3 Å². The van der Waals surface area contributed by atoms with Gasteiger partial charge in [-0.2, -0.15) is 5.10 Å². The molecule has 0 aromatic carbocycles. The zero-order chi connectivity index (χ0) is 14.5. The number of ether oxygens (including phenoxy) is 2. The molecule has 0 atom stereocenters. The van der Waals surface area contributed by atoms with Crippen LogP contribution in [0.15, 0.2) is 12.4 Å². The third-order valence-electron chi connectivity index (χ3n) is 2.57. The van der Waals surface area contributed by atoms with Gasteiger partial charge in [0.25, 0.3) is 0 Å². The van der Waals surface area contributed by atoms with E-state index in [1.807, 2.05) is 0 Å². The number of carbonyl (C=O) groups excluding carboxylic acids is 1. The standard InChI is InChI=1S/C12H16N4O3S/c1-3-19-12(17)10-8(13)9(18-2)11(20-10)14-4-7-5-15-16-6-7/h5-6,14H,3-4,13H2,1-2H3,(H,15,16). The summed E-state index contributed by atoms with van der Waals surface area (Å²) in [4.78, 5) is 12.1. The second-order valence-corrected chi connectivity index (χ2v) is 4.91. The first kappa shape index (κ1) is 14.2. The van der Waals surface area contributed by atoms with E-state index in [2.05, 4.69) is 15.5 Å². The zero-order valence-electron chi connectivity index (χ0n) is 11.2. The van der Waals surface area contributed by atoms with Gasteiger partial charge in [0.05, 0.1) is 19.9 Å². The van der Waals surface area contributed by atoms with Crippen molar-refractivity contribution in [2.45, 2.75) is 13.5 Å². The monoisotopic (exact) mass is 296 g/mol. The highest BCUT2D eigenvalue weighted by Crippen LogP contribution is 2.42. The lowest BCUT2D eigenvalue weighted by atomic mass is 10.3. The van der Waals surface area contributed by atoms with Crippen LogP contribution >= 0.6 is 11.3 Å². The Balaban J connectivity index is 2.19. The molecule has 0 aliphatic heterocycles. The number of H-pyrrole nitrogens is 1. The molecule has 0 radical (unpaired) electrons. The molecular formula is C12H16N4O3S.